The number of unbranched alkanes of at least 4 members (excludes halogenated alkanes) is 2. The van der Waals surface area contributed by atoms with E-state index in [-0.39, 0.29) is 0 Å². The highest BCUT2D eigenvalue weighted by atomic mass is 16.5. The molecule has 0 heterocycles. The van der Waals surface area contributed by atoms with E-state index in [1.807, 2.05) is 0 Å². The fraction of sp³-hybridized carbons (Fsp3) is 0.905. The van der Waals surface area contributed by atoms with Crippen molar-refractivity contribution in [3.05, 3.63) is 12.2 Å². The minimum atomic E-state index is 0.580. The molecule has 0 unspecified atom stereocenters. The summed E-state index contributed by atoms with van der Waals surface area (Å²) in [5, 5.41) is 0. The lowest BCUT2D eigenvalue weighted by atomic mass is 9.70. The van der Waals surface area contributed by atoms with Gasteiger partial charge in [0.2, 0.25) is 0 Å². The average Bonchev–Trinajstić information content (AvgIpc) is 2.58. The maximum atomic E-state index is 6.07. The summed E-state index contributed by atoms with van der Waals surface area (Å²) >= 11 is 0. The Morgan fingerprint density at radius 1 is 0.818 bits per heavy atom. The van der Waals surface area contributed by atoms with Crippen LogP contribution >= 0.6 is 0 Å². The third kappa shape index (κ3) is 6.07. The van der Waals surface area contributed by atoms with Crippen LogP contribution in [0.2, 0.25) is 0 Å². The van der Waals surface area contributed by atoms with Crippen LogP contribution in [-0.4, -0.2) is 12.7 Å². The molecule has 2 rings (SSSR count). The Balaban J connectivity index is 1.60. The van der Waals surface area contributed by atoms with Crippen LogP contribution in [0, 0.1) is 17.8 Å². The van der Waals surface area contributed by atoms with Gasteiger partial charge in [0.1, 0.15) is 0 Å². The van der Waals surface area contributed by atoms with Crippen molar-refractivity contribution in [2.45, 2.75) is 97.0 Å². The van der Waals surface area contributed by atoms with E-state index >= 15 is 0 Å². The fourth-order valence-electron chi connectivity index (χ4n) is 4.47. The van der Waals surface area contributed by atoms with E-state index in [9.17, 15) is 0 Å². The molecule has 2 fully saturated rings. The summed E-state index contributed by atoms with van der Waals surface area (Å²) in [6, 6.07) is 0. The maximum absolute atomic E-state index is 6.07. The second-order valence-electron chi connectivity index (χ2n) is 7.63. The SMILES string of the molecule is CC/C=C/[C@H]1CC[C@H](C2CCC(OCCCCC)CC2)CC1. The predicted molar refractivity (Wildman–Crippen MR) is 96.1 cm³/mol. The molecule has 0 aromatic rings. The molecule has 0 spiro atoms. The monoisotopic (exact) mass is 306 g/mol. The highest BCUT2D eigenvalue weighted by Crippen LogP contribution is 2.40. The predicted octanol–water partition coefficient (Wildman–Crippen LogP) is 6.52. The Morgan fingerprint density at radius 2 is 1.45 bits per heavy atom. The zero-order valence-corrected chi connectivity index (χ0v) is 15.1. The lowest BCUT2D eigenvalue weighted by Gasteiger charge is -2.37. The lowest BCUT2D eigenvalue weighted by molar-refractivity contribution is 0.00606. The molecule has 0 saturated heterocycles. The molecule has 0 bridgehead atoms. The van der Waals surface area contributed by atoms with Gasteiger partial charge in [-0.25, -0.2) is 0 Å². The van der Waals surface area contributed by atoms with Gasteiger partial charge in [-0.05, 0) is 82.0 Å². The van der Waals surface area contributed by atoms with Crippen LogP contribution < -0.4 is 0 Å². The maximum Gasteiger partial charge on any atom is 0.0575 e. The van der Waals surface area contributed by atoms with Crippen LogP contribution in [0.5, 0.6) is 0 Å². The zero-order chi connectivity index (χ0) is 15.6. The summed E-state index contributed by atoms with van der Waals surface area (Å²) in [5.41, 5.74) is 0. The largest absolute Gasteiger partial charge is 0.378 e. The summed E-state index contributed by atoms with van der Waals surface area (Å²) in [4.78, 5) is 0. The number of hydrogen-bond acceptors (Lipinski definition) is 1. The van der Waals surface area contributed by atoms with Gasteiger partial charge in [-0.2, -0.15) is 0 Å². The van der Waals surface area contributed by atoms with Crippen molar-refractivity contribution in [3.8, 4) is 0 Å². The normalized spacial score (nSPS) is 33.4. The standard InChI is InChI=1S/C21H38O/c1-3-5-7-17-22-21-15-13-20(14-16-21)19-11-9-18(10-12-19)8-6-4-2/h6,8,18-21H,3-5,7,9-17H2,1-2H3/b8-6+/t18-,19-,20?,21?. The molecule has 0 amide bonds. The summed E-state index contributed by atoms with van der Waals surface area (Å²) < 4.78 is 6.07. The lowest BCUT2D eigenvalue weighted by Crippen LogP contribution is -2.28. The molecule has 0 aromatic heterocycles. The van der Waals surface area contributed by atoms with Crippen molar-refractivity contribution in [2.75, 3.05) is 6.61 Å². The van der Waals surface area contributed by atoms with Crippen molar-refractivity contribution in [1.82, 2.24) is 0 Å². The Kier molecular flexibility index (Phi) is 8.59. The first-order valence-corrected chi connectivity index (χ1v) is 10.1. The third-order valence-corrected chi connectivity index (χ3v) is 5.95. The van der Waals surface area contributed by atoms with Crippen LogP contribution in [0.15, 0.2) is 12.2 Å². The molecule has 1 heteroatoms. The van der Waals surface area contributed by atoms with Gasteiger partial charge in [-0.1, -0.05) is 38.8 Å². The Hall–Kier alpha value is -0.300. The number of allylic oxidation sites excluding steroid dienone is 2. The Morgan fingerprint density at radius 3 is 2.05 bits per heavy atom. The molecule has 0 atom stereocenters. The molecule has 2 aliphatic carbocycles. The van der Waals surface area contributed by atoms with Crippen molar-refractivity contribution in [3.63, 3.8) is 0 Å². The van der Waals surface area contributed by atoms with E-state index in [1.54, 1.807) is 0 Å². The van der Waals surface area contributed by atoms with E-state index in [0.29, 0.717) is 6.10 Å². The molecule has 1 nitrogen and oxygen atoms in total. The first kappa shape index (κ1) is 18.0. The van der Waals surface area contributed by atoms with Crippen molar-refractivity contribution >= 4 is 0 Å². The molecule has 2 aliphatic rings. The number of rotatable bonds is 8. The summed E-state index contributed by atoms with van der Waals surface area (Å²) in [5.74, 6) is 2.91. The smallest absolute Gasteiger partial charge is 0.0575 e. The minimum absolute atomic E-state index is 0.580. The van der Waals surface area contributed by atoms with Crippen molar-refractivity contribution < 1.29 is 4.74 Å². The second-order valence-corrected chi connectivity index (χ2v) is 7.63. The summed E-state index contributed by atoms with van der Waals surface area (Å²) in [6.45, 7) is 5.50. The Bertz CT molecular complexity index is 293. The van der Waals surface area contributed by atoms with Crippen LogP contribution in [0.1, 0.15) is 90.9 Å². The van der Waals surface area contributed by atoms with Crippen molar-refractivity contribution in [2.24, 2.45) is 17.8 Å². The number of hydrogen-bond donors (Lipinski definition) is 0. The van der Waals surface area contributed by atoms with Gasteiger partial charge in [0.25, 0.3) is 0 Å². The second kappa shape index (κ2) is 10.5. The highest BCUT2D eigenvalue weighted by Gasteiger charge is 2.30. The minimum Gasteiger partial charge on any atom is -0.378 e. The van der Waals surface area contributed by atoms with E-state index in [4.69, 9.17) is 4.74 Å². The van der Waals surface area contributed by atoms with E-state index < -0.39 is 0 Å². The van der Waals surface area contributed by atoms with Gasteiger partial charge in [0.15, 0.2) is 0 Å². The van der Waals surface area contributed by atoms with E-state index in [0.717, 1.165) is 24.4 Å². The van der Waals surface area contributed by atoms with Gasteiger partial charge in [-0.15, -0.1) is 0 Å². The van der Waals surface area contributed by atoms with Gasteiger partial charge in [0.05, 0.1) is 6.10 Å². The van der Waals surface area contributed by atoms with Crippen molar-refractivity contribution in [1.29, 1.82) is 0 Å². The number of ether oxygens (including phenoxy) is 1. The van der Waals surface area contributed by atoms with Crippen LogP contribution in [0.4, 0.5) is 0 Å². The summed E-state index contributed by atoms with van der Waals surface area (Å²) in [7, 11) is 0. The first-order chi connectivity index (χ1) is 10.8. The Labute approximate surface area is 138 Å². The topological polar surface area (TPSA) is 9.23 Å². The molecule has 0 aromatic carbocycles. The quantitative estimate of drug-likeness (QED) is 0.366. The first-order valence-electron chi connectivity index (χ1n) is 10.1. The average molecular weight is 307 g/mol. The van der Waals surface area contributed by atoms with Crippen LogP contribution in [0.25, 0.3) is 0 Å². The van der Waals surface area contributed by atoms with Gasteiger partial charge < -0.3 is 4.74 Å². The van der Waals surface area contributed by atoms with Gasteiger partial charge in [0, 0.05) is 6.61 Å². The molecule has 0 aliphatic heterocycles. The fourth-order valence-corrected chi connectivity index (χ4v) is 4.47. The molecule has 22 heavy (non-hydrogen) atoms. The molecular formula is C21H38O. The van der Waals surface area contributed by atoms with E-state index in [2.05, 4.69) is 26.0 Å². The molecule has 128 valence electrons. The van der Waals surface area contributed by atoms with Gasteiger partial charge >= 0.3 is 0 Å². The van der Waals surface area contributed by atoms with Crippen LogP contribution in [-0.2, 0) is 4.74 Å². The zero-order valence-electron chi connectivity index (χ0n) is 15.1. The van der Waals surface area contributed by atoms with E-state index in [1.165, 1.54) is 77.0 Å². The van der Waals surface area contributed by atoms with Crippen LogP contribution in [0.3, 0.4) is 0 Å². The molecule has 2 saturated carbocycles. The third-order valence-electron chi connectivity index (χ3n) is 5.95. The van der Waals surface area contributed by atoms with Gasteiger partial charge in [-0.3, -0.25) is 0 Å². The molecule has 0 N–H and O–H groups in total. The highest BCUT2D eigenvalue weighted by molar-refractivity contribution is 4.92. The summed E-state index contributed by atoms with van der Waals surface area (Å²) in [6.07, 6.45) is 21.8. The molecule has 0 radical (unpaired) electrons. The molecular weight excluding hydrogens is 268 g/mol.